The molecule has 0 rings (SSSR count). The van der Waals surface area contributed by atoms with Crippen LogP contribution in [0.3, 0.4) is 0 Å². The Kier molecular flexibility index (Phi) is 2.35. The maximum atomic E-state index is 10.1. The first kappa shape index (κ1) is 7.83. The molecular weight excluding hydrogens is 130 g/mol. The zero-order valence-electron chi connectivity index (χ0n) is 4.53. The van der Waals surface area contributed by atoms with Crippen molar-refractivity contribution in [1.82, 2.24) is 4.41 Å². The maximum absolute atomic E-state index is 10.1. The van der Waals surface area contributed by atoms with E-state index < -0.39 is 10.2 Å². The van der Waals surface area contributed by atoms with Crippen LogP contribution in [-0.4, -0.2) is 19.4 Å². The summed E-state index contributed by atoms with van der Waals surface area (Å²) in [6.45, 7) is 1.78. The minimum absolute atomic E-state index is 0.193. The van der Waals surface area contributed by atoms with Gasteiger partial charge >= 0.3 is 0 Å². The molecule has 0 atom stereocenters. The van der Waals surface area contributed by atoms with Gasteiger partial charge in [-0.1, -0.05) is 0 Å². The highest BCUT2D eigenvalue weighted by atomic mass is 32.2. The summed E-state index contributed by atoms with van der Waals surface area (Å²) < 4.78 is 20.8. The molecule has 50 valence electrons. The van der Waals surface area contributed by atoms with E-state index in [2.05, 4.69) is 5.14 Å². The van der Waals surface area contributed by atoms with Crippen LogP contribution in [0.4, 0.5) is 0 Å². The van der Waals surface area contributed by atoms with Crippen molar-refractivity contribution in [3.8, 4) is 0 Å². The monoisotopic (exact) mass is 139 g/mol. The normalized spacial score (nSPS) is 12.5. The van der Waals surface area contributed by atoms with Crippen molar-refractivity contribution in [3.63, 3.8) is 0 Å². The first-order valence-corrected chi connectivity index (χ1v) is 3.54. The zero-order chi connectivity index (χ0) is 6.78. The Hall–Kier alpha value is -0.170. The van der Waals surface area contributed by atoms with Crippen LogP contribution in [-0.2, 0) is 10.2 Å². The molecule has 0 aliphatic heterocycles. The fraction of sp³-hybridized carbons (Fsp3) is 1.00. The maximum Gasteiger partial charge on any atom is 0.289 e. The van der Waals surface area contributed by atoms with Gasteiger partial charge in [0.1, 0.15) is 0 Å². The Morgan fingerprint density at radius 1 is 1.62 bits per heavy atom. The number of hydrogen-bond acceptors (Lipinski definition) is 3. The van der Waals surface area contributed by atoms with Crippen molar-refractivity contribution in [3.05, 3.63) is 0 Å². The van der Waals surface area contributed by atoms with E-state index in [-0.39, 0.29) is 6.54 Å². The van der Waals surface area contributed by atoms with Crippen molar-refractivity contribution in [2.75, 3.05) is 6.54 Å². The van der Waals surface area contributed by atoms with Crippen LogP contribution in [0.25, 0.3) is 0 Å². The Labute approximate surface area is 48.4 Å². The Morgan fingerprint density at radius 2 is 2.00 bits per heavy atom. The van der Waals surface area contributed by atoms with Gasteiger partial charge in [0.05, 0.1) is 0 Å². The van der Waals surface area contributed by atoms with Crippen molar-refractivity contribution in [2.24, 2.45) is 11.0 Å². The van der Waals surface area contributed by atoms with Crippen molar-refractivity contribution in [2.45, 2.75) is 6.92 Å². The molecule has 0 saturated carbocycles. The predicted molar refractivity (Wildman–Crippen MR) is 29.7 cm³/mol. The first-order chi connectivity index (χ1) is 3.48. The fourth-order valence-corrected chi connectivity index (χ4v) is 0.540. The molecule has 0 radical (unpaired) electrons. The number of nitrogens with zero attached hydrogens (tertiary/aromatic N) is 1. The second-order valence-electron chi connectivity index (χ2n) is 1.25. The summed E-state index contributed by atoms with van der Waals surface area (Å²) in [7, 11) is -3.64. The van der Waals surface area contributed by atoms with E-state index in [1.165, 1.54) is 0 Å². The van der Waals surface area contributed by atoms with Crippen LogP contribution in [0, 0.1) is 0 Å². The van der Waals surface area contributed by atoms with Gasteiger partial charge in [0.25, 0.3) is 10.2 Å². The molecule has 0 saturated heterocycles. The largest absolute Gasteiger partial charge is 0.289 e. The van der Waals surface area contributed by atoms with E-state index >= 15 is 0 Å². The molecule has 0 aliphatic rings. The van der Waals surface area contributed by atoms with E-state index in [0.29, 0.717) is 4.41 Å². The lowest BCUT2D eigenvalue weighted by molar-refractivity contribution is 0.445. The summed E-state index contributed by atoms with van der Waals surface area (Å²) in [4.78, 5) is 0. The fourth-order valence-electron chi connectivity index (χ4n) is 0.180. The molecule has 0 aromatic heterocycles. The van der Waals surface area contributed by atoms with Gasteiger partial charge in [0, 0.05) is 6.54 Å². The lowest BCUT2D eigenvalue weighted by Crippen LogP contribution is -2.41. The third kappa shape index (κ3) is 2.22. The van der Waals surface area contributed by atoms with Gasteiger partial charge < -0.3 is 0 Å². The van der Waals surface area contributed by atoms with Crippen molar-refractivity contribution < 1.29 is 8.42 Å². The topological polar surface area (TPSA) is 89.4 Å². The molecule has 0 amide bonds. The summed E-state index contributed by atoms with van der Waals surface area (Å²) in [5.74, 6) is 4.87. The van der Waals surface area contributed by atoms with Crippen molar-refractivity contribution >= 4 is 10.2 Å². The SMILES string of the molecule is CCN(N)S(N)(=O)=O. The van der Waals surface area contributed by atoms with Crippen LogP contribution >= 0.6 is 0 Å². The van der Waals surface area contributed by atoms with E-state index in [4.69, 9.17) is 5.84 Å². The van der Waals surface area contributed by atoms with Crippen LogP contribution in [0.1, 0.15) is 6.92 Å². The standard InChI is InChI=1S/C2H9N3O2S/c1-2-5(3)8(4,6)7/h2-3H2,1H3,(H2,4,6,7). The number of rotatable bonds is 2. The van der Waals surface area contributed by atoms with Gasteiger partial charge in [-0.15, -0.1) is 4.41 Å². The minimum Gasteiger partial charge on any atom is -0.254 e. The second kappa shape index (κ2) is 2.40. The van der Waals surface area contributed by atoms with Crippen LogP contribution in [0.2, 0.25) is 0 Å². The highest BCUT2D eigenvalue weighted by Crippen LogP contribution is 1.79. The molecule has 0 fully saturated rings. The molecule has 0 aromatic rings. The van der Waals surface area contributed by atoms with Gasteiger partial charge in [0.2, 0.25) is 0 Å². The molecule has 0 heterocycles. The molecule has 0 aliphatic carbocycles. The van der Waals surface area contributed by atoms with Crippen LogP contribution in [0.15, 0.2) is 0 Å². The Bertz CT molecular complexity index is 151. The highest BCUT2D eigenvalue weighted by Gasteiger charge is 2.07. The lowest BCUT2D eigenvalue weighted by Gasteiger charge is -2.07. The summed E-state index contributed by atoms with van der Waals surface area (Å²) in [5, 5.41) is 4.56. The summed E-state index contributed by atoms with van der Waals surface area (Å²) in [6, 6.07) is 0. The third-order valence-electron chi connectivity index (χ3n) is 0.639. The average molecular weight is 139 g/mol. The average Bonchev–Trinajstić information content (AvgIpc) is 1.62. The van der Waals surface area contributed by atoms with Crippen LogP contribution in [0.5, 0.6) is 0 Å². The molecular formula is C2H9N3O2S. The molecule has 0 unspecified atom stereocenters. The Balaban J connectivity index is 4.04. The number of nitrogens with two attached hydrogens (primary N) is 2. The predicted octanol–water partition coefficient (Wildman–Crippen LogP) is -1.61. The summed E-state index contributed by atoms with van der Waals surface area (Å²) >= 11 is 0. The molecule has 0 spiro atoms. The Morgan fingerprint density at radius 3 is 2.00 bits per heavy atom. The number of hydrazine groups is 1. The summed E-state index contributed by atoms with van der Waals surface area (Å²) in [5.41, 5.74) is 0. The number of hydrogen-bond donors (Lipinski definition) is 2. The molecule has 5 nitrogen and oxygen atoms in total. The minimum atomic E-state index is -3.64. The molecule has 0 bridgehead atoms. The smallest absolute Gasteiger partial charge is 0.254 e. The zero-order valence-corrected chi connectivity index (χ0v) is 5.35. The second-order valence-corrected chi connectivity index (χ2v) is 2.75. The third-order valence-corrected chi connectivity index (χ3v) is 1.55. The van der Waals surface area contributed by atoms with Crippen molar-refractivity contribution in [1.29, 1.82) is 0 Å². The van der Waals surface area contributed by atoms with Gasteiger partial charge in [0.15, 0.2) is 0 Å². The van der Waals surface area contributed by atoms with E-state index in [9.17, 15) is 8.42 Å². The first-order valence-electron chi connectivity index (χ1n) is 2.03. The van der Waals surface area contributed by atoms with E-state index in [1.54, 1.807) is 6.92 Å². The summed E-state index contributed by atoms with van der Waals surface area (Å²) in [6.07, 6.45) is 0. The van der Waals surface area contributed by atoms with Gasteiger partial charge in [-0.2, -0.15) is 8.42 Å². The van der Waals surface area contributed by atoms with Gasteiger partial charge in [-0.3, -0.25) is 5.84 Å². The quantitative estimate of drug-likeness (QED) is 0.356. The van der Waals surface area contributed by atoms with E-state index in [0.717, 1.165) is 0 Å². The van der Waals surface area contributed by atoms with Gasteiger partial charge in [-0.25, -0.2) is 5.14 Å². The highest BCUT2D eigenvalue weighted by molar-refractivity contribution is 7.86. The lowest BCUT2D eigenvalue weighted by atomic mass is 10.8. The molecule has 8 heavy (non-hydrogen) atoms. The molecule has 0 aromatic carbocycles. The van der Waals surface area contributed by atoms with Crippen LogP contribution < -0.4 is 11.0 Å². The molecule has 6 heteroatoms. The van der Waals surface area contributed by atoms with Gasteiger partial charge in [-0.05, 0) is 6.92 Å². The molecule has 4 N–H and O–H groups in total. The van der Waals surface area contributed by atoms with E-state index in [1.807, 2.05) is 0 Å².